The highest BCUT2D eigenvalue weighted by Crippen LogP contribution is 2.19. The third-order valence-corrected chi connectivity index (χ3v) is 3.20. The molecular weight excluding hydrogens is 218 g/mol. The Morgan fingerprint density at radius 2 is 1.87 bits per heavy atom. The Kier molecular flexibility index (Phi) is 2.83. The average molecular weight is 228 g/mol. The summed E-state index contributed by atoms with van der Waals surface area (Å²) in [6.45, 7) is 3.17. The van der Waals surface area contributed by atoms with Crippen molar-refractivity contribution in [3.05, 3.63) is 28.8 Å². The highest BCUT2D eigenvalue weighted by molar-refractivity contribution is 7.89. The van der Waals surface area contributed by atoms with E-state index in [9.17, 15) is 18.3 Å². The number of carboxylic acid groups (broad SMARTS) is 1. The molecule has 0 aliphatic heterocycles. The highest BCUT2D eigenvalue weighted by Gasteiger charge is 2.14. The van der Waals surface area contributed by atoms with Crippen LogP contribution < -0.4 is 10.2 Å². The van der Waals surface area contributed by atoms with Crippen molar-refractivity contribution in [3.8, 4) is 0 Å². The molecule has 0 amide bonds. The number of hydrogen-bond donors (Lipinski definition) is 1. The summed E-state index contributed by atoms with van der Waals surface area (Å²) in [6, 6.07) is 2.35. The van der Waals surface area contributed by atoms with Crippen LogP contribution in [0.3, 0.4) is 0 Å². The first-order valence-corrected chi connectivity index (χ1v) is 5.63. The number of primary sulfonamides is 1. The van der Waals surface area contributed by atoms with Gasteiger partial charge in [0.15, 0.2) is 0 Å². The standard InChI is InChI=1S/C9H11NO4S/c1-5-3-7(9(11)12)4-8(6(5)2)15(10,13)14/h3-4H,1-2H3,(H,11,12)(H2,10,13,14)/p-1. The summed E-state index contributed by atoms with van der Waals surface area (Å²) in [4.78, 5) is 10.4. The number of aryl methyl sites for hydroxylation is 1. The molecule has 15 heavy (non-hydrogen) atoms. The summed E-state index contributed by atoms with van der Waals surface area (Å²) in [5.74, 6) is -1.43. The van der Waals surface area contributed by atoms with Crippen LogP contribution in [0.2, 0.25) is 0 Å². The molecule has 0 saturated carbocycles. The van der Waals surface area contributed by atoms with Crippen LogP contribution in [0.5, 0.6) is 0 Å². The van der Waals surface area contributed by atoms with E-state index in [-0.39, 0.29) is 10.5 Å². The van der Waals surface area contributed by atoms with E-state index in [1.807, 2.05) is 0 Å². The Hall–Kier alpha value is -1.40. The van der Waals surface area contributed by atoms with E-state index in [0.717, 1.165) is 6.07 Å². The van der Waals surface area contributed by atoms with Crippen LogP contribution in [0.1, 0.15) is 21.5 Å². The predicted octanol–water partition coefficient (Wildman–Crippen LogP) is -0.686. The zero-order chi connectivity index (χ0) is 11.8. The van der Waals surface area contributed by atoms with Crippen molar-refractivity contribution in [3.63, 3.8) is 0 Å². The summed E-state index contributed by atoms with van der Waals surface area (Å²) in [5.41, 5.74) is 0.797. The molecule has 0 unspecified atom stereocenters. The molecule has 0 aromatic heterocycles. The van der Waals surface area contributed by atoms with E-state index >= 15 is 0 Å². The van der Waals surface area contributed by atoms with Gasteiger partial charge in [-0.1, -0.05) is 0 Å². The van der Waals surface area contributed by atoms with Crippen molar-refractivity contribution in [1.29, 1.82) is 0 Å². The van der Waals surface area contributed by atoms with Gasteiger partial charge in [0.05, 0.1) is 10.9 Å². The van der Waals surface area contributed by atoms with Gasteiger partial charge in [-0.3, -0.25) is 0 Å². The summed E-state index contributed by atoms with van der Waals surface area (Å²) in [7, 11) is -3.90. The van der Waals surface area contributed by atoms with Gasteiger partial charge in [0.1, 0.15) is 0 Å². The van der Waals surface area contributed by atoms with Gasteiger partial charge in [-0.15, -0.1) is 0 Å². The van der Waals surface area contributed by atoms with Crippen molar-refractivity contribution in [2.24, 2.45) is 5.14 Å². The van der Waals surface area contributed by atoms with Crippen molar-refractivity contribution in [1.82, 2.24) is 0 Å². The predicted molar refractivity (Wildman–Crippen MR) is 51.6 cm³/mol. The zero-order valence-electron chi connectivity index (χ0n) is 8.27. The number of sulfonamides is 1. The van der Waals surface area contributed by atoms with Crippen LogP contribution in [0.15, 0.2) is 17.0 Å². The first kappa shape index (κ1) is 11.7. The van der Waals surface area contributed by atoms with Crippen molar-refractivity contribution >= 4 is 16.0 Å². The number of aromatic carboxylic acids is 1. The smallest absolute Gasteiger partial charge is 0.238 e. The van der Waals surface area contributed by atoms with Gasteiger partial charge in [-0.05, 0) is 42.7 Å². The second-order valence-electron chi connectivity index (χ2n) is 3.25. The number of rotatable bonds is 2. The Morgan fingerprint density at radius 3 is 2.27 bits per heavy atom. The quantitative estimate of drug-likeness (QED) is 0.724. The van der Waals surface area contributed by atoms with E-state index in [0.29, 0.717) is 11.1 Å². The Labute approximate surface area is 87.6 Å². The molecule has 1 aromatic carbocycles. The topological polar surface area (TPSA) is 100 Å². The molecular formula is C9H10NO4S-. The van der Waals surface area contributed by atoms with Gasteiger partial charge in [0.25, 0.3) is 0 Å². The summed E-state index contributed by atoms with van der Waals surface area (Å²) < 4.78 is 22.3. The van der Waals surface area contributed by atoms with Crippen molar-refractivity contribution < 1.29 is 18.3 Å². The number of hydrogen-bond acceptors (Lipinski definition) is 4. The fourth-order valence-corrected chi connectivity index (χ4v) is 2.12. The van der Waals surface area contributed by atoms with Crippen LogP contribution in [-0.2, 0) is 10.0 Å². The van der Waals surface area contributed by atoms with E-state index < -0.39 is 16.0 Å². The van der Waals surface area contributed by atoms with E-state index in [2.05, 4.69) is 0 Å². The van der Waals surface area contributed by atoms with Crippen molar-refractivity contribution in [2.45, 2.75) is 18.7 Å². The maximum Gasteiger partial charge on any atom is 0.238 e. The molecule has 0 aliphatic rings. The Morgan fingerprint density at radius 1 is 1.33 bits per heavy atom. The normalized spacial score (nSPS) is 11.4. The largest absolute Gasteiger partial charge is 0.545 e. The van der Waals surface area contributed by atoms with Crippen LogP contribution in [0, 0.1) is 13.8 Å². The lowest BCUT2D eigenvalue weighted by Crippen LogP contribution is -2.24. The molecule has 0 aliphatic carbocycles. The molecule has 2 N–H and O–H groups in total. The summed E-state index contributed by atoms with van der Waals surface area (Å²) in [5, 5.41) is 15.6. The third-order valence-electron chi connectivity index (χ3n) is 2.16. The third kappa shape index (κ3) is 2.34. The first-order valence-electron chi connectivity index (χ1n) is 4.09. The molecule has 0 atom stereocenters. The number of benzene rings is 1. The van der Waals surface area contributed by atoms with Gasteiger partial charge >= 0.3 is 0 Å². The van der Waals surface area contributed by atoms with E-state index in [4.69, 9.17) is 5.14 Å². The number of carboxylic acids is 1. The summed E-state index contributed by atoms with van der Waals surface area (Å²) in [6.07, 6.45) is 0. The second-order valence-corrected chi connectivity index (χ2v) is 4.78. The molecule has 0 saturated heterocycles. The molecule has 1 aromatic rings. The minimum absolute atomic E-state index is 0.179. The van der Waals surface area contributed by atoms with Gasteiger partial charge in [-0.25, -0.2) is 13.6 Å². The van der Waals surface area contributed by atoms with Crippen LogP contribution in [0.25, 0.3) is 0 Å². The highest BCUT2D eigenvalue weighted by atomic mass is 32.2. The maximum absolute atomic E-state index is 11.1. The lowest BCUT2D eigenvalue weighted by Gasteiger charge is -2.10. The monoisotopic (exact) mass is 228 g/mol. The van der Waals surface area contributed by atoms with Gasteiger partial charge in [-0.2, -0.15) is 0 Å². The average Bonchev–Trinajstić information content (AvgIpc) is 2.06. The maximum atomic E-state index is 11.1. The number of carbonyl (C=O) groups is 1. The molecule has 1 rings (SSSR count). The lowest BCUT2D eigenvalue weighted by atomic mass is 10.1. The lowest BCUT2D eigenvalue weighted by molar-refractivity contribution is -0.255. The molecule has 0 bridgehead atoms. The van der Waals surface area contributed by atoms with Crippen LogP contribution in [0.4, 0.5) is 0 Å². The second kappa shape index (κ2) is 3.63. The van der Waals surface area contributed by atoms with E-state index in [1.165, 1.54) is 6.07 Å². The fourth-order valence-electron chi connectivity index (χ4n) is 1.24. The molecule has 0 spiro atoms. The molecule has 0 radical (unpaired) electrons. The van der Waals surface area contributed by atoms with Gasteiger partial charge in [0, 0.05) is 0 Å². The van der Waals surface area contributed by atoms with Gasteiger partial charge < -0.3 is 9.90 Å². The molecule has 0 fully saturated rings. The Balaban J connectivity index is 3.59. The minimum atomic E-state index is -3.90. The fraction of sp³-hybridized carbons (Fsp3) is 0.222. The number of carbonyl (C=O) groups excluding carboxylic acids is 1. The van der Waals surface area contributed by atoms with Crippen LogP contribution >= 0.6 is 0 Å². The zero-order valence-corrected chi connectivity index (χ0v) is 9.09. The summed E-state index contributed by atoms with van der Waals surface area (Å²) >= 11 is 0. The van der Waals surface area contributed by atoms with Crippen LogP contribution in [-0.4, -0.2) is 14.4 Å². The molecule has 5 nitrogen and oxygen atoms in total. The Bertz CT molecular complexity index is 519. The van der Waals surface area contributed by atoms with Gasteiger partial charge in [0.2, 0.25) is 10.0 Å². The molecule has 82 valence electrons. The first-order chi connectivity index (χ1) is 6.73. The van der Waals surface area contributed by atoms with Crippen molar-refractivity contribution in [2.75, 3.05) is 0 Å². The molecule has 6 heteroatoms. The minimum Gasteiger partial charge on any atom is -0.545 e. The number of nitrogens with two attached hydrogens (primary N) is 1. The van der Waals surface area contributed by atoms with E-state index in [1.54, 1.807) is 13.8 Å². The SMILES string of the molecule is Cc1cc(C(=O)[O-])cc(S(N)(=O)=O)c1C. The molecule has 0 heterocycles.